The van der Waals surface area contributed by atoms with Crippen molar-refractivity contribution in [1.29, 1.82) is 0 Å². The summed E-state index contributed by atoms with van der Waals surface area (Å²) in [4.78, 5) is 9.16. The van der Waals surface area contributed by atoms with Crippen LogP contribution in [0.2, 0.25) is 0 Å². The molecule has 1 heterocycles. The van der Waals surface area contributed by atoms with E-state index in [0.717, 1.165) is 29.0 Å². The van der Waals surface area contributed by atoms with Gasteiger partial charge in [-0.25, -0.2) is 9.97 Å². The van der Waals surface area contributed by atoms with Crippen LogP contribution in [0, 0.1) is 6.92 Å². The van der Waals surface area contributed by atoms with Crippen molar-refractivity contribution in [3.05, 3.63) is 30.0 Å². The highest BCUT2D eigenvalue weighted by molar-refractivity contribution is 6.17. The molecule has 0 saturated carbocycles. The maximum absolute atomic E-state index is 5.80. The Kier molecular flexibility index (Phi) is 4.93. The number of benzene rings is 1. The van der Waals surface area contributed by atoms with Crippen molar-refractivity contribution < 1.29 is 4.74 Å². The van der Waals surface area contributed by atoms with E-state index < -0.39 is 0 Å². The van der Waals surface area contributed by atoms with E-state index in [-0.39, 0.29) is 6.04 Å². The number of ether oxygens (including phenoxy) is 1. The number of alkyl halides is 1. The molecule has 1 atom stereocenters. The molecule has 0 bridgehead atoms. The number of hydrogen-bond acceptors (Lipinski definition) is 4. The average molecular weight is 280 g/mol. The normalized spacial score (nSPS) is 12.6. The van der Waals surface area contributed by atoms with Crippen molar-refractivity contribution in [2.24, 2.45) is 0 Å². The first-order valence-corrected chi connectivity index (χ1v) is 6.83. The highest BCUT2D eigenvalue weighted by Crippen LogP contribution is 2.17. The molecule has 2 aromatic rings. The summed E-state index contributed by atoms with van der Waals surface area (Å²) in [6, 6.07) is 7.99. The number of para-hydroxylation sites is 2. The molecule has 4 nitrogen and oxygen atoms in total. The van der Waals surface area contributed by atoms with Gasteiger partial charge in [0.1, 0.15) is 5.82 Å². The van der Waals surface area contributed by atoms with Gasteiger partial charge in [0.05, 0.1) is 29.4 Å². The second-order valence-electron chi connectivity index (χ2n) is 4.42. The molecular weight excluding hydrogens is 262 g/mol. The molecule has 19 heavy (non-hydrogen) atoms. The zero-order valence-corrected chi connectivity index (χ0v) is 11.9. The third-order valence-corrected chi connectivity index (χ3v) is 3.13. The Morgan fingerprint density at radius 2 is 1.95 bits per heavy atom. The molecule has 0 aliphatic rings. The van der Waals surface area contributed by atoms with Gasteiger partial charge in [0.15, 0.2) is 0 Å². The summed E-state index contributed by atoms with van der Waals surface area (Å²) in [5.41, 5.74) is 2.68. The van der Waals surface area contributed by atoms with Crippen molar-refractivity contribution in [2.75, 3.05) is 24.9 Å². The lowest BCUT2D eigenvalue weighted by atomic mass is 10.2. The van der Waals surface area contributed by atoms with Crippen LogP contribution in [0.25, 0.3) is 11.0 Å². The van der Waals surface area contributed by atoms with E-state index in [0.29, 0.717) is 12.5 Å². The molecule has 0 spiro atoms. The van der Waals surface area contributed by atoms with Crippen LogP contribution in [0.3, 0.4) is 0 Å². The Balaban J connectivity index is 2.25. The second kappa shape index (κ2) is 6.68. The van der Waals surface area contributed by atoms with Crippen molar-refractivity contribution in [3.8, 4) is 0 Å². The van der Waals surface area contributed by atoms with Gasteiger partial charge in [0, 0.05) is 13.0 Å². The summed E-state index contributed by atoms with van der Waals surface area (Å²) >= 11 is 5.80. The van der Waals surface area contributed by atoms with Crippen molar-refractivity contribution >= 4 is 28.5 Å². The number of anilines is 1. The monoisotopic (exact) mass is 279 g/mol. The molecule has 1 unspecified atom stereocenters. The lowest BCUT2D eigenvalue weighted by Gasteiger charge is -2.18. The van der Waals surface area contributed by atoms with Gasteiger partial charge in [-0.3, -0.25) is 0 Å². The first kappa shape index (κ1) is 14.0. The fraction of sp³-hybridized carbons (Fsp3) is 0.429. The molecule has 0 aliphatic heterocycles. The van der Waals surface area contributed by atoms with Crippen LogP contribution in [0.5, 0.6) is 0 Å². The number of aromatic nitrogens is 2. The van der Waals surface area contributed by atoms with E-state index >= 15 is 0 Å². The molecule has 5 heteroatoms. The summed E-state index contributed by atoms with van der Waals surface area (Å²) in [6.07, 6.45) is 0.823. The largest absolute Gasteiger partial charge is 0.383 e. The maximum Gasteiger partial charge on any atom is 0.148 e. The molecule has 1 aromatic heterocycles. The third kappa shape index (κ3) is 3.55. The van der Waals surface area contributed by atoms with Crippen LogP contribution in [0.1, 0.15) is 12.1 Å². The van der Waals surface area contributed by atoms with Gasteiger partial charge in [0.2, 0.25) is 0 Å². The van der Waals surface area contributed by atoms with Crippen LogP contribution >= 0.6 is 11.6 Å². The molecule has 0 saturated heterocycles. The second-order valence-corrected chi connectivity index (χ2v) is 4.80. The van der Waals surface area contributed by atoms with Gasteiger partial charge in [0.25, 0.3) is 0 Å². The molecule has 1 N–H and O–H groups in total. The Morgan fingerprint density at radius 3 is 2.58 bits per heavy atom. The number of nitrogens with one attached hydrogen (secondary N) is 1. The summed E-state index contributed by atoms with van der Waals surface area (Å²) in [5.74, 6) is 1.38. The molecule has 0 radical (unpaired) electrons. The highest BCUT2D eigenvalue weighted by atomic mass is 35.5. The van der Waals surface area contributed by atoms with Crippen molar-refractivity contribution in [3.63, 3.8) is 0 Å². The van der Waals surface area contributed by atoms with Gasteiger partial charge >= 0.3 is 0 Å². The van der Waals surface area contributed by atoms with E-state index in [1.807, 2.05) is 31.2 Å². The number of methoxy groups -OCH3 is 1. The number of rotatable bonds is 6. The number of hydrogen-bond donors (Lipinski definition) is 1. The lowest BCUT2D eigenvalue weighted by molar-refractivity contribution is 0.184. The number of aryl methyl sites for hydroxylation is 1. The predicted molar refractivity (Wildman–Crippen MR) is 78.9 cm³/mol. The zero-order chi connectivity index (χ0) is 13.7. The van der Waals surface area contributed by atoms with Gasteiger partial charge in [-0.2, -0.15) is 0 Å². The first-order valence-electron chi connectivity index (χ1n) is 6.29. The van der Waals surface area contributed by atoms with Crippen LogP contribution in [0.4, 0.5) is 5.82 Å². The van der Waals surface area contributed by atoms with Gasteiger partial charge in [-0.05, 0) is 25.5 Å². The molecule has 0 fully saturated rings. The minimum atomic E-state index is 0.150. The van der Waals surface area contributed by atoms with E-state index in [1.54, 1.807) is 7.11 Å². The summed E-state index contributed by atoms with van der Waals surface area (Å²) < 4.78 is 5.19. The third-order valence-electron chi connectivity index (χ3n) is 2.91. The summed E-state index contributed by atoms with van der Waals surface area (Å²) in [7, 11) is 1.68. The van der Waals surface area contributed by atoms with Gasteiger partial charge in [-0.1, -0.05) is 12.1 Å². The minimum absolute atomic E-state index is 0.150. The zero-order valence-electron chi connectivity index (χ0n) is 11.2. The smallest absolute Gasteiger partial charge is 0.148 e. The first-order chi connectivity index (χ1) is 9.24. The van der Waals surface area contributed by atoms with E-state index in [9.17, 15) is 0 Å². The quantitative estimate of drug-likeness (QED) is 0.826. The molecular formula is C14H18ClN3O. The molecule has 0 amide bonds. The van der Waals surface area contributed by atoms with Crippen LogP contribution < -0.4 is 5.32 Å². The summed E-state index contributed by atoms with van der Waals surface area (Å²) in [5, 5.41) is 3.36. The highest BCUT2D eigenvalue weighted by Gasteiger charge is 2.11. The van der Waals surface area contributed by atoms with Crippen molar-refractivity contribution in [2.45, 2.75) is 19.4 Å². The minimum Gasteiger partial charge on any atom is -0.383 e. The van der Waals surface area contributed by atoms with E-state index in [1.165, 1.54) is 0 Å². The number of fused-ring (bicyclic) bond motifs is 1. The Bertz CT molecular complexity index is 541. The van der Waals surface area contributed by atoms with Crippen molar-refractivity contribution in [1.82, 2.24) is 9.97 Å². The Labute approximate surface area is 118 Å². The van der Waals surface area contributed by atoms with Crippen LogP contribution in [-0.4, -0.2) is 35.6 Å². The Morgan fingerprint density at radius 1 is 1.26 bits per heavy atom. The maximum atomic E-state index is 5.80. The van der Waals surface area contributed by atoms with E-state index in [4.69, 9.17) is 16.3 Å². The topological polar surface area (TPSA) is 47.0 Å². The molecule has 102 valence electrons. The standard InChI is InChI=1S/C14H18ClN3O/c1-10-14(17-11(7-8-15)9-19-2)18-13-6-4-3-5-12(13)16-10/h3-6,11H,7-9H2,1-2H3,(H,17,18). The number of nitrogens with zero attached hydrogens (tertiary/aromatic N) is 2. The molecule has 1 aromatic carbocycles. The lowest BCUT2D eigenvalue weighted by Crippen LogP contribution is -2.26. The fourth-order valence-electron chi connectivity index (χ4n) is 1.95. The molecule has 2 rings (SSSR count). The number of halogens is 1. The predicted octanol–water partition coefficient (Wildman–Crippen LogP) is 2.99. The summed E-state index contributed by atoms with van der Waals surface area (Å²) in [6.45, 7) is 2.55. The Hall–Kier alpha value is -1.39. The fourth-order valence-corrected chi connectivity index (χ4v) is 2.21. The van der Waals surface area contributed by atoms with Gasteiger partial charge in [-0.15, -0.1) is 11.6 Å². The van der Waals surface area contributed by atoms with E-state index in [2.05, 4.69) is 15.3 Å². The molecule has 0 aliphatic carbocycles. The average Bonchev–Trinajstić information content (AvgIpc) is 2.40. The van der Waals surface area contributed by atoms with Crippen LogP contribution in [0.15, 0.2) is 24.3 Å². The SMILES string of the molecule is COCC(CCCl)Nc1nc2ccccc2nc1C. The van der Waals surface area contributed by atoms with Crippen LogP contribution in [-0.2, 0) is 4.74 Å². The van der Waals surface area contributed by atoms with Gasteiger partial charge < -0.3 is 10.1 Å².